The molecule has 0 aromatic heterocycles. The number of halogens is 1. The molecular weight excluding hydrogens is 265 g/mol. The molecule has 110 valence electrons. The van der Waals surface area contributed by atoms with Gasteiger partial charge in [0.05, 0.1) is 6.61 Å². The first-order valence-corrected chi connectivity index (χ1v) is 7.43. The molecule has 2 nitrogen and oxygen atoms in total. The number of benzene rings is 2. The maximum atomic E-state index is 13.1. The SMILES string of the molecule is Fc1ccc(C2(CCCOc3ccccc3)CNC2)cc1. The zero-order valence-corrected chi connectivity index (χ0v) is 12.0. The normalized spacial score (nSPS) is 16.2. The van der Waals surface area contributed by atoms with Gasteiger partial charge in [0.25, 0.3) is 0 Å². The second-order valence-corrected chi connectivity index (χ2v) is 5.66. The van der Waals surface area contributed by atoms with Crippen molar-refractivity contribution in [3.63, 3.8) is 0 Å². The maximum Gasteiger partial charge on any atom is 0.123 e. The molecule has 1 aliphatic rings. The summed E-state index contributed by atoms with van der Waals surface area (Å²) in [4.78, 5) is 0. The van der Waals surface area contributed by atoms with Crippen LogP contribution in [0.3, 0.4) is 0 Å². The quantitative estimate of drug-likeness (QED) is 0.820. The third-order valence-corrected chi connectivity index (χ3v) is 4.19. The van der Waals surface area contributed by atoms with Crippen molar-refractivity contribution in [3.8, 4) is 5.75 Å². The summed E-state index contributed by atoms with van der Waals surface area (Å²) in [6, 6.07) is 16.8. The molecular formula is C18H20FNO. The predicted octanol–water partition coefficient (Wildman–Crippen LogP) is 3.53. The molecule has 3 rings (SSSR count). The average Bonchev–Trinajstić information content (AvgIpc) is 2.48. The van der Waals surface area contributed by atoms with Crippen molar-refractivity contribution in [2.45, 2.75) is 18.3 Å². The lowest BCUT2D eigenvalue weighted by Gasteiger charge is -2.43. The van der Waals surface area contributed by atoms with Gasteiger partial charge in [-0.3, -0.25) is 0 Å². The lowest BCUT2D eigenvalue weighted by Crippen LogP contribution is -2.56. The summed E-state index contributed by atoms with van der Waals surface area (Å²) in [5, 5.41) is 3.34. The van der Waals surface area contributed by atoms with Gasteiger partial charge in [-0.2, -0.15) is 0 Å². The largest absolute Gasteiger partial charge is 0.494 e. The minimum Gasteiger partial charge on any atom is -0.494 e. The molecule has 1 saturated heterocycles. The van der Waals surface area contributed by atoms with Crippen molar-refractivity contribution in [1.82, 2.24) is 5.32 Å². The summed E-state index contributed by atoms with van der Waals surface area (Å²) in [6.07, 6.45) is 2.05. The Morgan fingerprint density at radius 2 is 1.71 bits per heavy atom. The molecule has 2 aromatic rings. The van der Waals surface area contributed by atoms with E-state index in [1.807, 2.05) is 42.5 Å². The van der Waals surface area contributed by atoms with Crippen molar-refractivity contribution < 1.29 is 9.13 Å². The van der Waals surface area contributed by atoms with E-state index in [4.69, 9.17) is 4.74 Å². The number of hydrogen-bond donors (Lipinski definition) is 1. The van der Waals surface area contributed by atoms with Crippen LogP contribution in [0, 0.1) is 5.82 Å². The van der Waals surface area contributed by atoms with Gasteiger partial charge in [0.1, 0.15) is 11.6 Å². The second kappa shape index (κ2) is 6.27. The van der Waals surface area contributed by atoms with Gasteiger partial charge in [0, 0.05) is 18.5 Å². The lowest BCUT2D eigenvalue weighted by molar-refractivity contribution is 0.223. The number of hydrogen-bond acceptors (Lipinski definition) is 2. The number of nitrogens with one attached hydrogen (secondary N) is 1. The van der Waals surface area contributed by atoms with Crippen LogP contribution >= 0.6 is 0 Å². The second-order valence-electron chi connectivity index (χ2n) is 5.66. The lowest BCUT2D eigenvalue weighted by atomic mass is 9.72. The summed E-state index contributed by atoms with van der Waals surface area (Å²) >= 11 is 0. The van der Waals surface area contributed by atoms with Crippen LogP contribution in [0.1, 0.15) is 18.4 Å². The summed E-state index contributed by atoms with van der Waals surface area (Å²) in [5.74, 6) is 0.744. The van der Waals surface area contributed by atoms with E-state index in [2.05, 4.69) is 5.32 Å². The third-order valence-electron chi connectivity index (χ3n) is 4.19. The third kappa shape index (κ3) is 3.24. The molecule has 0 unspecified atom stereocenters. The van der Waals surface area contributed by atoms with Gasteiger partial charge in [-0.05, 0) is 42.7 Å². The van der Waals surface area contributed by atoms with Crippen molar-refractivity contribution >= 4 is 0 Å². The van der Waals surface area contributed by atoms with E-state index in [0.29, 0.717) is 6.61 Å². The van der Waals surface area contributed by atoms with Crippen LogP contribution in [-0.4, -0.2) is 19.7 Å². The molecule has 1 aliphatic heterocycles. The van der Waals surface area contributed by atoms with Gasteiger partial charge in [0.15, 0.2) is 0 Å². The van der Waals surface area contributed by atoms with Crippen LogP contribution in [0.15, 0.2) is 54.6 Å². The Hall–Kier alpha value is -1.87. The Labute approximate surface area is 125 Å². The van der Waals surface area contributed by atoms with Gasteiger partial charge in [-0.15, -0.1) is 0 Å². The van der Waals surface area contributed by atoms with Crippen molar-refractivity contribution in [2.75, 3.05) is 19.7 Å². The Morgan fingerprint density at radius 1 is 1.00 bits per heavy atom. The highest BCUT2D eigenvalue weighted by molar-refractivity contribution is 5.30. The van der Waals surface area contributed by atoms with Crippen LogP contribution < -0.4 is 10.1 Å². The molecule has 0 atom stereocenters. The topological polar surface area (TPSA) is 21.3 Å². The summed E-state index contributed by atoms with van der Waals surface area (Å²) < 4.78 is 18.8. The van der Waals surface area contributed by atoms with Gasteiger partial charge >= 0.3 is 0 Å². The van der Waals surface area contributed by atoms with E-state index >= 15 is 0 Å². The van der Waals surface area contributed by atoms with E-state index < -0.39 is 0 Å². The molecule has 1 N–H and O–H groups in total. The first-order chi connectivity index (χ1) is 10.3. The summed E-state index contributed by atoms with van der Waals surface area (Å²) in [6.45, 7) is 2.64. The first-order valence-electron chi connectivity index (χ1n) is 7.43. The fourth-order valence-corrected chi connectivity index (χ4v) is 2.87. The van der Waals surface area contributed by atoms with E-state index in [9.17, 15) is 4.39 Å². The molecule has 3 heteroatoms. The maximum absolute atomic E-state index is 13.1. The van der Waals surface area contributed by atoms with Gasteiger partial charge < -0.3 is 10.1 Å². The minimum atomic E-state index is -0.173. The molecule has 0 radical (unpaired) electrons. The molecule has 2 aromatic carbocycles. The Morgan fingerprint density at radius 3 is 2.33 bits per heavy atom. The number of para-hydroxylation sites is 1. The molecule has 0 aliphatic carbocycles. The van der Waals surface area contributed by atoms with Crippen LogP contribution in [0.5, 0.6) is 5.75 Å². The highest BCUT2D eigenvalue weighted by Gasteiger charge is 2.37. The zero-order valence-electron chi connectivity index (χ0n) is 12.0. The monoisotopic (exact) mass is 285 g/mol. The van der Waals surface area contributed by atoms with Crippen molar-refractivity contribution in [2.24, 2.45) is 0 Å². The van der Waals surface area contributed by atoms with E-state index in [0.717, 1.165) is 31.7 Å². The molecule has 0 bridgehead atoms. The van der Waals surface area contributed by atoms with Gasteiger partial charge in [0.2, 0.25) is 0 Å². The molecule has 1 fully saturated rings. The van der Waals surface area contributed by atoms with Crippen LogP contribution in [0.25, 0.3) is 0 Å². The Bertz CT molecular complexity index is 564. The van der Waals surface area contributed by atoms with Gasteiger partial charge in [-0.25, -0.2) is 4.39 Å². The predicted molar refractivity (Wildman–Crippen MR) is 82.1 cm³/mol. The average molecular weight is 285 g/mol. The summed E-state index contributed by atoms with van der Waals surface area (Å²) in [7, 11) is 0. The minimum absolute atomic E-state index is 0.147. The first kappa shape index (κ1) is 14.1. The fourth-order valence-electron chi connectivity index (χ4n) is 2.87. The molecule has 0 saturated carbocycles. The van der Waals surface area contributed by atoms with Crippen LogP contribution in [-0.2, 0) is 5.41 Å². The van der Waals surface area contributed by atoms with Crippen molar-refractivity contribution in [3.05, 3.63) is 66.0 Å². The molecule has 21 heavy (non-hydrogen) atoms. The number of ether oxygens (including phenoxy) is 1. The van der Waals surface area contributed by atoms with E-state index in [-0.39, 0.29) is 11.2 Å². The van der Waals surface area contributed by atoms with Crippen molar-refractivity contribution in [1.29, 1.82) is 0 Å². The number of rotatable bonds is 6. The van der Waals surface area contributed by atoms with Crippen LogP contribution in [0.2, 0.25) is 0 Å². The standard InChI is InChI=1S/C18H20FNO/c19-16-9-7-15(8-10-16)18(13-20-14-18)11-4-12-21-17-5-2-1-3-6-17/h1-3,5-10,20H,4,11-14H2. The Kier molecular flexibility index (Phi) is 4.20. The highest BCUT2D eigenvalue weighted by Crippen LogP contribution is 2.33. The molecule has 1 heterocycles. The van der Waals surface area contributed by atoms with E-state index in [1.165, 1.54) is 5.56 Å². The van der Waals surface area contributed by atoms with E-state index in [1.54, 1.807) is 12.1 Å². The van der Waals surface area contributed by atoms with Gasteiger partial charge in [-0.1, -0.05) is 30.3 Å². The zero-order chi connectivity index (χ0) is 14.5. The highest BCUT2D eigenvalue weighted by atomic mass is 19.1. The fraction of sp³-hybridized carbons (Fsp3) is 0.333. The molecule has 0 amide bonds. The molecule has 0 spiro atoms. The smallest absolute Gasteiger partial charge is 0.123 e. The summed E-state index contributed by atoms with van der Waals surface area (Å²) in [5.41, 5.74) is 1.37. The Balaban J connectivity index is 1.54. The van der Waals surface area contributed by atoms with Crippen LogP contribution in [0.4, 0.5) is 4.39 Å².